The maximum Gasteiger partial charge on any atom is 0.323 e. The fraction of sp³-hybridized carbons (Fsp3) is 0.391. The number of ketones is 1. The van der Waals surface area contributed by atoms with Crippen LogP contribution in [0.2, 0.25) is 0 Å². The van der Waals surface area contributed by atoms with Crippen LogP contribution in [0, 0.1) is 5.92 Å². The molecule has 0 spiro atoms. The standard InChI is InChI=1S/C23H25NO3/c25-20-12-11-19-13-22(23(26)27-16-18-9-5-2-6-10-18)24(21(19)14-20)15-17-7-3-1-4-8-17/h1-10,19,21-22H,11-16H2/t19-,21-,22?/m0/s1. The van der Waals surface area contributed by atoms with Crippen molar-refractivity contribution in [3.05, 3.63) is 71.8 Å². The number of esters is 1. The summed E-state index contributed by atoms with van der Waals surface area (Å²) in [5.41, 5.74) is 2.16. The van der Waals surface area contributed by atoms with Gasteiger partial charge in [-0.25, -0.2) is 0 Å². The molecular weight excluding hydrogens is 338 g/mol. The molecule has 1 saturated carbocycles. The first-order valence-corrected chi connectivity index (χ1v) is 9.72. The SMILES string of the molecule is O=C1CC[C@H]2CC(C(=O)OCc3ccccc3)N(Cc3ccccc3)[C@H]2C1. The molecule has 0 aromatic heterocycles. The highest BCUT2D eigenvalue weighted by Gasteiger charge is 2.47. The van der Waals surface area contributed by atoms with Crippen molar-refractivity contribution in [1.82, 2.24) is 4.90 Å². The maximum absolute atomic E-state index is 12.9. The van der Waals surface area contributed by atoms with Crippen LogP contribution < -0.4 is 0 Å². The monoisotopic (exact) mass is 363 g/mol. The molecule has 0 amide bonds. The van der Waals surface area contributed by atoms with Gasteiger partial charge in [0, 0.05) is 25.4 Å². The molecule has 1 saturated heterocycles. The zero-order valence-corrected chi connectivity index (χ0v) is 15.4. The van der Waals surface area contributed by atoms with Crippen LogP contribution in [0.1, 0.15) is 36.8 Å². The Labute approximate surface area is 160 Å². The van der Waals surface area contributed by atoms with Crippen molar-refractivity contribution in [2.24, 2.45) is 5.92 Å². The van der Waals surface area contributed by atoms with Crippen LogP contribution in [-0.4, -0.2) is 28.7 Å². The van der Waals surface area contributed by atoms with Gasteiger partial charge in [-0.15, -0.1) is 0 Å². The molecule has 0 bridgehead atoms. The van der Waals surface area contributed by atoms with E-state index in [1.54, 1.807) is 0 Å². The molecule has 27 heavy (non-hydrogen) atoms. The van der Waals surface area contributed by atoms with Gasteiger partial charge in [0.25, 0.3) is 0 Å². The highest BCUT2D eigenvalue weighted by molar-refractivity contribution is 5.81. The third-order valence-corrected chi connectivity index (χ3v) is 5.83. The summed E-state index contributed by atoms with van der Waals surface area (Å²) in [6, 6.07) is 19.8. The highest BCUT2D eigenvalue weighted by atomic mass is 16.5. The summed E-state index contributed by atoms with van der Waals surface area (Å²) in [7, 11) is 0. The predicted molar refractivity (Wildman–Crippen MR) is 103 cm³/mol. The molecule has 2 aromatic carbocycles. The van der Waals surface area contributed by atoms with Gasteiger partial charge in [0.2, 0.25) is 0 Å². The van der Waals surface area contributed by atoms with Gasteiger partial charge in [0.1, 0.15) is 18.4 Å². The summed E-state index contributed by atoms with van der Waals surface area (Å²) in [4.78, 5) is 27.2. The number of Topliss-reactive ketones (excluding diaryl/α,β-unsaturated/α-hetero) is 1. The first-order valence-electron chi connectivity index (χ1n) is 9.72. The Morgan fingerprint density at radius 2 is 1.67 bits per heavy atom. The van der Waals surface area contributed by atoms with Gasteiger partial charge in [0.15, 0.2) is 0 Å². The van der Waals surface area contributed by atoms with Crippen molar-refractivity contribution in [1.29, 1.82) is 0 Å². The molecule has 2 aromatic rings. The third kappa shape index (κ3) is 4.11. The highest BCUT2D eigenvalue weighted by Crippen LogP contribution is 2.40. The summed E-state index contributed by atoms with van der Waals surface area (Å²) in [5.74, 6) is 0.546. The number of fused-ring (bicyclic) bond motifs is 1. The first kappa shape index (κ1) is 17.9. The van der Waals surface area contributed by atoms with Gasteiger partial charge in [-0.05, 0) is 29.9 Å². The lowest BCUT2D eigenvalue weighted by Gasteiger charge is -2.32. The minimum atomic E-state index is -0.269. The second kappa shape index (κ2) is 8.05. The van der Waals surface area contributed by atoms with E-state index in [2.05, 4.69) is 17.0 Å². The second-order valence-corrected chi connectivity index (χ2v) is 7.61. The number of likely N-dealkylation sites (tertiary alicyclic amines) is 1. The number of hydrogen-bond acceptors (Lipinski definition) is 4. The minimum Gasteiger partial charge on any atom is -0.460 e. The van der Waals surface area contributed by atoms with Crippen LogP contribution in [0.4, 0.5) is 0 Å². The number of benzene rings is 2. The van der Waals surface area contributed by atoms with Crippen LogP contribution in [0.3, 0.4) is 0 Å². The average Bonchev–Trinajstić information content (AvgIpc) is 3.05. The number of nitrogens with zero attached hydrogens (tertiary/aromatic N) is 1. The van der Waals surface area contributed by atoms with E-state index in [0.717, 1.165) is 24.0 Å². The number of carbonyl (C=O) groups is 2. The molecule has 4 heteroatoms. The van der Waals surface area contributed by atoms with Crippen LogP contribution in [0.5, 0.6) is 0 Å². The Hall–Kier alpha value is -2.46. The Bertz CT molecular complexity index is 790. The number of ether oxygens (including phenoxy) is 1. The molecule has 4 rings (SSSR count). The fourth-order valence-corrected chi connectivity index (χ4v) is 4.44. The summed E-state index contributed by atoms with van der Waals surface area (Å²) in [5, 5.41) is 0. The van der Waals surface area contributed by atoms with Crippen LogP contribution in [0.25, 0.3) is 0 Å². The van der Waals surface area contributed by atoms with Gasteiger partial charge in [0.05, 0.1) is 0 Å². The molecule has 0 N–H and O–H groups in total. The lowest BCUT2D eigenvalue weighted by Crippen LogP contribution is -2.43. The molecule has 0 radical (unpaired) electrons. The number of hydrogen-bond donors (Lipinski definition) is 0. The quantitative estimate of drug-likeness (QED) is 0.759. The zero-order valence-electron chi connectivity index (χ0n) is 15.4. The summed E-state index contributed by atoms with van der Waals surface area (Å²) in [6.45, 7) is 0.976. The van der Waals surface area contributed by atoms with Crippen molar-refractivity contribution in [2.45, 2.75) is 50.9 Å². The van der Waals surface area contributed by atoms with E-state index in [9.17, 15) is 9.59 Å². The van der Waals surface area contributed by atoms with Gasteiger partial charge < -0.3 is 4.74 Å². The molecule has 2 aliphatic rings. The van der Waals surface area contributed by atoms with E-state index in [0.29, 0.717) is 37.7 Å². The fourth-order valence-electron chi connectivity index (χ4n) is 4.44. The topological polar surface area (TPSA) is 46.6 Å². The van der Waals surface area contributed by atoms with Crippen molar-refractivity contribution in [3.63, 3.8) is 0 Å². The van der Waals surface area contributed by atoms with Gasteiger partial charge in [-0.2, -0.15) is 0 Å². The number of rotatable bonds is 5. The van der Waals surface area contributed by atoms with E-state index in [1.165, 1.54) is 0 Å². The second-order valence-electron chi connectivity index (χ2n) is 7.61. The van der Waals surface area contributed by atoms with Crippen molar-refractivity contribution < 1.29 is 14.3 Å². The molecule has 2 fully saturated rings. The van der Waals surface area contributed by atoms with Crippen LogP contribution >= 0.6 is 0 Å². The summed E-state index contributed by atoms with van der Waals surface area (Å²) < 4.78 is 5.65. The van der Waals surface area contributed by atoms with E-state index in [-0.39, 0.29) is 18.1 Å². The van der Waals surface area contributed by atoms with E-state index < -0.39 is 0 Å². The van der Waals surface area contributed by atoms with Crippen LogP contribution in [0.15, 0.2) is 60.7 Å². The minimum absolute atomic E-state index is 0.153. The average molecular weight is 363 g/mol. The van der Waals surface area contributed by atoms with Gasteiger partial charge in [-0.1, -0.05) is 60.7 Å². The van der Waals surface area contributed by atoms with Crippen molar-refractivity contribution in [3.8, 4) is 0 Å². The Kier molecular flexibility index (Phi) is 5.35. The van der Waals surface area contributed by atoms with Crippen LogP contribution in [-0.2, 0) is 27.5 Å². The molecule has 3 atom stereocenters. The number of carbonyl (C=O) groups excluding carboxylic acids is 2. The Morgan fingerprint density at radius 1 is 1.00 bits per heavy atom. The smallest absolute Gasteiger partial charge is 0.323 e. The lowest BCUT2D eigenvalue weighted by molar-refractivity contribution is -0.151. The molecule has 1 aliphatic carbocycles. The summed E-state index contributed by atoms with van der Waals surface area (Å²) >= 11 is 0. The van der Waals surface area contributed by atoms with E-state index in [4.69, 9.17) is 4.74 Å². The molecule has 140 valence electrons. The van der Waals surface area contributed by atoms with E-state index >= 15 is 0 Å². The lowest BCUT2D eigenvalue weighted by atomic mass is 9.84. The predicted octanol–water partition coefficient (Wildman–Crippen LogP) is 3.74. The van der Waals surface area contributed by atoms with Crippen molar-refractivity contribution in [2.75, 3.05) is 0 Å². The molecular formula is C23H25NO3. The Balaban J connectivity index is 1.49. The van der Waals surface area contributed by atoms with E-state index in [1.807, 2.05) is 48.5 Å². The normalized spacial score (nSPS) is 25.2. The first-order chi connectivity index (χ1) is 13.2. The van der Waals surface area contributed by atoms with Crippen molar-refractivity contribution >= 4 is 11.8 Å². The molecule has 1 heterocycles. The third-order valence-electron chi connectivity index (χ3n) is 5.83. The molecule has 1 unspecified atom stereocenters. The molecule has 4 nitrogen and oxygen atoms in total. The largest absolute Gasteiger partial charge is 0.460 e. The zero-order chi connectivity index (χ0) is 18.6. The van der Waals surface area contributed by atoms with Gasteiger partial charge >= 0.3 is 5.97 Å². The Morgan fingerprint density at radius 3 is 2.37 bits per heavy atom. The maximum atomic E-state index is 12.9. The summed E-state index contributed by atoms with van der Waals surface area (Å²) in [6.07, 6.45) is 2.88. The van der Waals surface area contributed by atoms with Gasteiger partial charge in [-0.3, -0.25) is 14.5 Å². The molecule has 1 aliphatic heterocycles.